The quantitative estimate of drug-likeness (QED) is 0.503. The minimum absolute atomic E-state index is 0.0467. The van der Waals surface area contributed by atoms with Gasteiger partial charge in [-0.2, -0.15) is 4.98 Å². The summed E-state index contributed by atoms with van der Waals surface area (Å²) in [5.74, 6) is 0.649. The van der Waals surface area contributed by atoms with Crippen molar-refractivity contribution in [1.82, 2.24) is 10.1 Å². The summed E-state index contributed by atoms with van der Waals surface area (Å²) in [7, 11) is 1.59. The summed E-state index contributed by atoms with van der Waals surface area (Å²) in [5, 5.41) is 3.90. The average Bonchev–Trinajstić information content (AvgIpc) is 3.16. The zero-order chi connectivity index (χ0) is 19.2. The highest BCUT2D eigenvalue weighted by Gasteiger charge is 2.13. The van der Waals surface area contributed by atoms with Crippen LogP contribution in [-0.2, 0) is 11.2 Å². The number of aryl methyl sites for hydroxylation is 1. The van der Waals surface area contributed by atoms with E-state index in [2.05, 4.69) is 10.1 Å². The van der Waals surface area contributed by atoms with Gasteiger partial charge in [0.25, 0.3) is 0 Å². The van der Waals surface area contributed by atoms with Crippen LogP contribution < -0.4 is 15.2 Å². The summed E-state index contributed by atoms with van der Waals surface area (Å²) < 4.78 is 15.5. The van der Waals surface area contributed by atoms with Crippen LogP contribution in [0.25, 0.3) is 11.4 Å². The molecule has 3 aromatic rings. The van der Waals surface area contributed by atoms with Crippen molar-refractivity contribution in [2.24, 2.45) is 5.73 Å². The molecule has 138 valence electrons. The zero-order valence-corrected chi connectivity index (χ0v) is 14.5. The van der Waals surface area contributed by atoms with Crippen molar-refractivity contribution in [2.75, 3.05) is 7.11 Å². The van der Waals surface area contributed by atoms with E-state index < -0.39 is 11.9 Å². The van der Waals surface area contributed by atoms with Crippen molar-refractivity contribution in [3.05, 3.63) is 60.0 Å². The summed E-state index contributed by atoms with van der Waals surface area (Å²) in [6.07, 6.45) is 0.280. The van der Waals surface area contributed by atoms with Crippen LogP contribution in [0.3, 0.4) is 0 Å². The summed E-state index contributed by atoms with van der Waals surface area (Å²) in [4.78, 5) is 27.4. The lowest BCUT2D eigenvalue weighted by molar-refractivity contribution is -0.134. The third-order valence-electron chi connectivity index (χ3n) is 3.71. The van der Waals surface area contributed by atoms with Crippen LogP contribution in [-0.4, -0.2) is 29.1 Å². The maximum absolute atomic E-state index is 12.0. The molecule has 8 heteroatoms. The lowest BCUT2D eigenvalue weighted by atomic mass is 10.2. The number of carbonyl (C=O) groups is 2. The molecule has 0 unspecified atom stereocenters. The molecule has 0 aliphatic heterocycles. The van der Waals surface area contributed by atoms with E-state index in [4.69, 9.17) is 19.7 Å². The third kappa shape index (κ3) is 4.69. The van der Waals surface area contributed by atoms with E-state index in [0.717, 1.165) is 11.3 Å². The first-order chi connectivity index (χ1) is 13.0. The number of esters is 1. The molecule has 0 bridgehead atoms. The Hall–Kier alpha value is -3.68. The molecule has 1 heterocycles. The van der Waals surface area contributed by atoms with Crippen LogP contribution in [0.15, 0.2) is 53.1 Å². The topological polar surface area (TPSA) is 118 Å². The van der Waals surface area contributed by atoms with Gasteiger partial charge < -0.3 is 19.7 Å². The number of hydrogen-bond acceptors (Lipinski definition) is 7. The molecule has 0 fully saturated rings. The van der Waals surface area contributed by atoms with Crippen molar-refractivity contribution in [1.29, 1.82) is 0 Å². The number of rotatable bonds is 7. The molecule has 0 saturated heterocycles. The van der Waals surface area contributed by atoms with Crippen molar-refractivity contribution < 1.29 is 23.6 Å². The maximum atomic E-state index is 12.0. The first-order valence-electron chi connectivity index (χ1n) is 8.12. The number of carbonyl (C=O) groups excluding carboxylic acids is 2. The van der Waals surface area contributed by atoms with Gasteiger partial charge >= 0.3 is 5.97 Å². The monoisotopic (exact) mass is 367 g/mol. The molecule has 27 heavy (non-hydrogen) atoms. The van der Waals surface area contributed by atoms with Crippen LogP contribution in [0.2, 0.25) is 0 Å². The van der Waals surface area contributed by atoms with Crippen LogP contribution >= 0.6 is 0 Å². The van der Waals surface area contributed by atoms with E-state index >= 15 is 0 Å². The van der Waals surface area contributed by atoms with Crippen molar-refractivity contribution in [2.45, 2.75) is 12.8 Å². The molecule has 1 amide bonds. The van der Waals surface area contributed by atoms with Gasteiger partial charge in [0.05, 0.1) is 13.5 Å². The van der Waals surface area contributed by atoms with E-state index in [0.29, 0.717) is 11.7 Å². The van der Waals surface area contributed by atoms with Gasteiger partial charge in [0.2, 0.25) is 17.6 Å². The van der Waals surface area contributed by atoms with Gasteiger partial charge in [0.1, 0.15) is 11.5 Å². The summed E-state index contributed by atoms with van der Waals surface area (Å²) in [6, 6.07) is 13.3. The minimum atomic E-state index is -0.593. The lowest BCUT2D eigenvalue weighted by Gasteiger charge is -2.04. The molecular formula is C19H17N3O5. The largest absolute Gasteiger partial charge is 0.497 e. The van der Waals surface area contributed by atoms with Crippen LogP contribution in [0.1, 0.15) is 22.7 Å². The Balaban J connectivity index is 1.57. The highest BCUT2D eigenvalue weighted by atomic mass is 16.5. The van der Waals surface area contributed by atoms with Gasteiger partial charge in [0.15, 0.2) is 0 Å². The number of methoxy groups -OCH3 is 1. The number of ether oxygens (including phenoxy) is 2. The van der Waals surface area contributed by atoms with Gasteiger partial charge in [-0.15, -0.1) is 0 Å². The van der Waals surface area contributed by atoms with Crippen molar-refractivity contribution >= 4 is 11.9 Å². The highest BCUT2D eigenvalue weighted by Crippen LogP contribution is 2.20. The molecule has 2 N–H and O–H groups in total. The fourth-order valence-electron chi connectivity index (χ4n) is 2.32. The molecule has 0 radical (unpaired) electrons. The van der Waals surface area contributed by atoms with Gasteiger partial charge in [-0.3, -0.25) is 9.59 Å². The molecular weight excluding hydrogens is 350 g/mol. The maximum Gasteiger partial charge on any atom is 0.311 e. The second-order valence-electron chi connectivity index (χ2n) is 5.61. The molecule has 0 aliphatic carbocycles. The second kappa shape index (κ2) is 8.13. The molecule has 3 rings (SSSR count). The zero-order valence-electron chi connectivity index (χ0n) is 14.5. The number of nitrogens with zero attached hydrogens (tertiary/aromatic N) is 2. The van der Waals surface area contributed by atoms with E-state index in [-0.39, 0.29) is 24.2 Å². The van der Waals surface area contributed by atoms with Crippen molar-refractivity contribution in [3.63, 3.8) is 0 Å². The third-order valence-corrected chi connectivity index (χ3v) is 3.71. The molecule has 8 nitrogen and oxygen atoms in total. The van der Waals surface area contributed by atoms with Crippen molar-refractivity contribution in [3.8, 4) is 22.9 Å². The second-order valence-corrected chi connectivity index (χ2v) is 5.61. The molecule has 0 aliphatic rings. The molecule has 0 saturated carbocycles. The Morgan fingerprint density at radius 2 is 1.89 bits per heavy atom. The first kappa shape index (κ1) is 18.1. The number of benzene rings is 2. The molecule has 0 spiro atoms. The minimum Gasteiger partial charge on any atom is -0.497 e. The predicted octanol–water partition coefficient (Wildman–Crippen LogP) is 2.38. The average molecular weight is 367 g/mol. The fraction of sp³-hybridized carbons (Fsp3) is 0.158. The Morgan fingerprint density at radius 1 is 1.11 bits per heavy atom. The number of amides is 1. The summed E-state index contributed by atoms with van der Waals surface area (Å²) in [6.45, 7) is 0. The summed E-state index contributed by atoms with van der Waals surface area (Å²) in [5.41, 5.74) is 6.24. The number of hydrogen-bond donors (Lipinski definition) is 1. The van der Waals surface area contributed by atoms with Gasteiger partial charge in [-0.05, 0) is 42.5 Å². The lowest BCUT2D eigenvalue weighted by Crippen LogP contribution is -2.12. The molecule has 2 aromatic carbocycles. The van der Waals surface area contributed by atoms with E-state index in [1.54, 1.807) is 37.4 Å². The highest BCUT2D eigenvalue weighted by molar-refractivity contribution is 5.93. The standard InChI is InChI=1S/C19H17N3O5/c1-25-14-7-5-12(6-8-14)19-21-16(27-22-19)9-10-17(23)26-15-4-2-3-13(11-15)18(20)24/h2-8,11H,9-10H2,1H3,(H2,20,24). The van der Waals surface area contributed by atoms with E-state index in [1.807, 2.05) is 12.1 Å². The number of aromatic nitrogens is 2. The number of primary amides is 1. The first-order valence-corrected chi connectivity index (χ1v) is 8.12. The number of nitrogens with two attached hydrogens (primary N) is 1. The van der Waals surface area contributed by atoms with Gasteiger partial charge in [0, 0.05) is 17.5 Å². The fourth-order valence-corrected chi connectivity index (χ4v) is 2.32. The molecule has 1 aromatic heterocycles. The Bertz CT molecular complexity index is 950. The Kier molecular flexibility index (Phi) is 5.46. The van der Waals surface area contributed by atoms with E-state index in [9.17, 15) is 9.59 Å². The normalized spacial score (nSPS) is 10.4. The predicted molar refractivity (Wildman–Crippen MR) is 95.2 cm³/mol. The van der Waals surface area contributed by atoms with Crippen LogP contribution in [0.5, 0.6) is 11.5 Å². The van der Waals surface area contributed by atoms with Gasteiger partial charge in [-0.25, -0.2) is 0 Å². The van der Waals surface area contributed by atoms with E-state index in [1.165, 1.54) is 6.07 Å². The Labute approximate surface area is 154 Å². The smallest absolute Gasteiger partial charge is 0.311 e. The van der Waals surface area contributed by atoms with Crippen LogP contribution in [0, 0.1) is 0 Å². The van der Waals surface area contributed by atoms with Gasteiger partial charge in [-0.1, -0.05) is 11.2 Å². The Morgan fingerprint density at radius 3 is 2.59 bits per heavy atom. The SMILES string of the molecule is COc1ccc(-c2noc(CCC(=O)Oc3cccc(C(N)=O)c3)n2)cc1. The van der Waals surface area contributed by atoms with Crippen LogP contribution in [0.4, 0.5) is 0 Å². The summed E-state index contributed by atoms with van der Waals surface area (Å²) >= 11 is 0. The molecule has 0 atom stereocenters.